The Balaban J connectivity index is 1.81. The smallest absolute Gasteiger partial charge is 0.225 e. The van der Waals surface area contributed by atoms with Gasteiger partial charge in [0.2, 0.25) is 11.9 Å². The molecule has 0 aliphatic carbocycles. The lowest BCUT2D eigenvalue weighted by Crippen LogP contribution is -2.46. The van der Waals surface area contributed by atoms with Gasteiger partial charge in [-0.15, -0.1) is 0 Å². The molecular formula is C15H24N4O. The van der Waals surface area contributed by atoms with Crippen LogP contribution in [0, 0.1) is 5.92 Å². The molecule has 5 nitrogen and oxygen atoms in total. The van der Waals surface area contributed by atoms with Gasteiger partial charge in [0.15, 0.2) is 0 Å². The van der Waals surface area contributed by atoms with Crippen molar-refractivity contribution < 1.29 is 4.79 Å². The van der Waals surface area contributed by atoms with Crippen LogP contribution in [0.1, 0.15) is 39.5 Å². The van der Waals surface area contributed by atoms with Gasteiger partial charge < -0.3 is 10.2 Å². The summed E-state index contributed by atoms with van der Waals surface area (Å²) in [4.78, 5) is 22.8. The zero-order valence-corrected chi connectivity index (χ0v) is 12.4. The lowest BCUT2D eigenvalue weighted by molar-refractivity contribution is -0.126. The number of hydrogen-bond donors (Lipinski definition) is 1. The van der Waals surface area contributed by atoms with Gasteiger partial charge in [-0.05, 0) is 31.7 Å². The van der Waals surface area contributed by atoms with Crippen LogP contribution in [0.3, 0.4) is 0 Å². The van der Waals surface area contributed by atoms with E-state index in [-0.39, 0.29) is 11.8 Å². The summed E-state index contributed by atoms with van der Waals surface area (Å²) in [5, 5.41) is 3.19. The molecule has 110 valence electrons. The van der Waals surface area contributed by atoms with Crippen molar-refractivity contribution >= 4 is 11.9 Å². The maximum Gasteiger partial charge on any atom is 0.225 e. The highest BCUT2D eigenvalue weighted by Crippen LogP contribution is 2.16. The Kier molecular flexibility index (Phi) is 5.32. The molecule has 1 fully saturated rings. The molecule has 1 N–H and O–H groups in total. The second-order valence-electron chi connectivity index (χ2n) is 5.33. The third kappa shape index (κ3) is 3.68. The van der Waals surface area contributed by atoms with Gasteiger partial charge in [-0.1, -0.05) is 13.8 Å². The van der Waals surface area contributed by atoms with E-state index in [0.29, 0.717) is 6.04 Å². The van der Waals surface area contributed by atoms with Gasteiger partial charge in [-0.2, -0.15) is 0 Å². The number of anilines is 1. The number of amides is 1. The molecule has 0 saturated carbocycles. The van der Waals surface area contributed by atoms with Gasteiger partial charge in [-0.25, -0.2) is 9.97 Å². The molecule has 0 radical (unpaired) electrons. The third-order valence-corrected chi connectivity index (χ3v) is 4.03. The lowest BCUT2D eigenvalue weighted by atomic mass is 10.00. The Morgan fingerprint density at radius 1 is 1.30 bits per heavy atom. The van der Waals surface area contributed by atoms with Gasteiger partial charge in [0.25, 0.3) is 0 Å². The molecule has 1 aliphatic rings. The Bertz CT molecular complexity index is 411. The first kappa shape index (κ1) is 14.8. The highest BCUT2D eigenvalue weighted by Gasteiger charge is 2.24. The third-order valence-electron chi connectivity index (χ3n) is 4.03. The molecule has 1 saturated heterocycles. The van der Waals surface area contributed by atoms with Gasteiger partial charge in [0, 0.05) is 37.4 Å². The Morgan fingerprint density at radius 3 is 2.45 bits per heavy atom. The quantitative estimate of drug-likeness (QED) is 0.893. The lowest BCUT2D eigenvalue weighted by Gasteiger charge is -2.32. The minimum atomic E-state index is 0.158. The molecule has 2 heterocycles. The average Bonchev–Trinajstić information content (AvgIpc) is 2.50. The molecule has 1 aliphatic heterocycles. The maximum absolute atomic E-state index is 12.1. The molecular weight excluding hydrogens is 252 g/mol. The van der Waals surface area contributed by atoms with Crippen LogP contribution >= 0.6 is 0 Å². The van der Waals surface area contributed by atoms with E-state index < -0.39 is 0 Å². The highest BCUT2D eigenvalue weighted by atomic mass is 16.1. The standard InChI is InChI=1S/C15H24N4O/c1-3-12(4-2)14(20)18-13-6-10-19(11-7-13)15-16-8-5-9-17-15/h5,8-9,12-13H,3-4,6-7,10-11H2,1-2H3,(H,18,20). The summed E-state index contributed by atoms with van der Waals surface area (Å²) in [5.41, 5.74) is 0. The molecule has 2 rings (SSSR count). The van der Waals surface area contributed by atoms with Crippen molar-refractivity contribution in [3.63, 3.8) is 0 Å². The predicted octanol–water partition coefficient (Wildman–Crippen LogP) is 2.00. The number of carbonyl (C=O) groups excluding carboxylic acids is 1. The second kappa shape index (κ2) is 7.22. The zero-order valence-electron chi connectivity index (χ0n) is 12.4. The van der Waals surface area contributed by atoms with E-state index in [4.69, 9.17) is 0 Å². The van der Waals surface area contributed by atoms with Gasteiger partial charge in [0.05, 0.1) is 0 Å². The van der Waals surface area contributed by atoms with Gasteiger partial charge >= 0.3 is 0 Å². The van der Waals surface area contributed by atoms with E-state index in [9.17, 15) is 4.79 Å². The predicted molar refractivity (Wildman–Crippen MR) is 79.5 cm³/mol. The van der Waals surface area contributed by atoms with Crippen LogP contribution in [-0.4, -0.2) is 35.0 Å². The van der Waals surface area contributed by atoms with Gasteiger partial charge in [-0.3, -0.25) is 4.79 Å². The zero-order chi connectivity index (χ0) is 14.4. The summed E-state index contributed by atoms with van der Waals surface area (Å²) in [6.45, 7) is 5.95. The van der Waals surface area contributed by atoms with E-state index in [1.165, 1.54) is 0 Å². The number of rotatable bonds is 5. The summed E-state index contributed by atoms with van der Waals surface area (Å²) in [6, 6.07) is 2.12. The molecule has 0 aromatic carbocycles. The summed E-state index contributed by atoms with van der Waals surface area (Å²) < 4.78 is 0. The van der Waals surface area contributed by atoms with Crippen molar-refractivity contribution in [3.8, 4) is 0 Å². The number of carbonyl (C=O) groups is 1. The summed E-state index contributed by atoms with van der Waals surface area (Å²) >= 11 is 0. The number of nitrogens with one attached hydrogen (secondary N) is 1. The van der Waals surface area contributed by atoms with Crippen molar-refractivity contribution in [2.75, 3.05) is 18.0 Å². The number of aromatic nitrogens is 2. The van der Waals surface area contributed by atoms with E-state index in [1.54, 1.807) is 12.4 Å². The minimum Gasteiger partial charge on any atom is -0.353 e. The highest BCUT2D eigenvalue weighted by molar-refractivity contribution is 5.78. The Hall–Kier alpha value is -1.65. The van der Waals surface area contributed by atoms with Crippen LogP contribution in [0.4, 0.5) is 5.95 Å². The van der Waals surface area contributed by atoms with Crippen LogP contribution in [-0.2, 0) is 4.79 Å². The SMILES string of the molecule is CCC(CC)C(=O)NC1CCN(c2ncccn2)CC1. The van der Waals surface area contributed by atoms with Crippen LogP contribution in [0.15, 0.2) is 18.5 Å². The van der Waals surface area contributed by atoms with Crippen LogP contribution in [0.25, 0.3) is 0 Å². The average molecular weight is 276 g/mol. The number of hydrogen-bond acceptors (Lipinski definition) is 4. The number of nitrogens with zero attached hydrogens (tertiary/aromatic N) is 3. The molecule has 20 heavy (non-hydrogen) atoms. The second-order valence-corrected chi connectivity index (χ2v) is 5.33. The first-order valence-corrected chi connectivity index (χ1v) is 7.57. The first-order chi connectivity index (χ1) is 9.74. The summed E-state index contributed by atoms with van der Waals surface area (Å²) in [7, 11) is 0. The van der Waals surface area contributed by atoms with Crippen molar-refractivity contribution in [3.05, 3.63) is 18.5 Å². The molecule has 0 spiro atoms. The Labute approximate surface area is 120 Å². The van der Waals surface area contributed by atoms with Crippen molar-refractivity contribution in [2.45, 2.75) is 45.6 Å². The first-order valence-electron chi connectivity index (χ1n) is 7.57. The van der Waals surface area contributed by atoms with Crippen molar-refractivity contribution in [1.29, 1.82) is 0 Å². The molecule has 1 amide bonds. The monoisotopic (exact) mass is 276 g/mol. The normalized spacial score (nSPS) is 16.4. The fraction of sp³-hybridized carbons (Fsp3) is 0.667. The van der Waals surface area contributed by atoms with Crippen molar-refractivity contribution in [1.82, 2.24) is 15.3 Å². The van der Waals surface area contributed by atoms with Crippen LogP contribution in [0.5, 0.6) is 0 Å². The largest absolute Gasteiger partial charge is 0.353 e. The van der Waals surface area contributed by atoms with Crippen LogP contribution in [0.2, 0.25) is 0 Å². The van der Waals surface area contributed by atoms with Gasteiger partial charge in [0.1, 0.15) is 0 Å². The minimum absolute atomic E-state index is 0.158. The summed E-state index contributed by atoms with van der Waals surface area (Å²) in [5.74, 6) is 1.16. The van der Waals surface area contributed by atoms with Crippen LogP contribution < -0.4 is 10.2 Å². The molecule has 0 atom stereocenters. The maximum atomic E-state index is 12.1. The molecule has 1 aromatic heterocycles. The molecule has 5 heteroatoms. The molecule has 1 aromatic rings. The number of piperidine rings is 1. The van der Waals surface area contributed by atoms with E-state index in [1.807, 2.05) is 6.07 Å². The Morgan fingerprint density at radius 2 is 1.90 bits per heavy atom. The topological polar surface area (TPSA) is 58.1 Å². The fourth-order valence-electron chi connectivity index (χ4n) is 2.66. The fourth-order valence-corrected chi connectivity index (χ4v) is 2.66. The van der Waals surface area contributed by atoms with E-state index in [0.717, 1.165) is 44.7 Å². The van der Waals surface area contributed by atoms with Crippen molar-refractivity contribution in [2.24, 2.45) is 5.92 Å². The molecule has 0 bridgehead atoms. The van der Waals surface area contributed by atoms with E-state index >= 15 is 0 Å². The molecule has 0 unspecified atom stereocenters. The van der Waals surface area contributed by atoms with E-state index in [2.05, 4.69) is 34.0 Å². The summed E-state index contributed by atoms with van der Waals surface area (Å²) in [6.07, 6.45) is 7.29.